The SMILES string of the molecule is CCOC(=O)CNCCCCC(N)C(=O)OC. The number of hydrogen-bond acceptors (Lipinski definition) is 6. The Morgan fingerprint density at radius 3 is 2.65 bits per heavy atom. The Morgan fingerprint density at radius 2 is 2.06 bits per heavy atom. The Labute approximate surface area is 102 Å². The number of nitrogens with two attached hydrogens (primary N) is 1. The largest absolute Gasteiger partial charge is 0.468 e. The zero-order valence-electron chi connectivity index (χ0n) is 10.5. The van der Waals surface area contributed by atoms with Gasteiger partial charge in [-0.1, -0.05) is 6.42 Å². The standard InChI is InChI=1S/C11H22N2O4/c1-3-17-10(14)8-13-7-5-4-6-9(12)11(15)16-2/h9,13H,3-8,12H2,1-2H3. The van der Waals surface area contributed by atoms with Crippen LogP contribution in [0.5, 0.6) is 0 Å². The van der Waals surface area contributed by atoms with E-state index in [0.29, 0.717) is 19.6 Å². The van der Waals surface area contributed by atoms with Gasteiger partial charge >= 0.3 is 11.9 Å². The monoisotopic (exact) mass is 246 g/mol. The van der Waals surface area contributed by atoms with Crippen LogP contribution in [0.3, 0.4) is 0 Å². The summed E-state index contributed by atoms with van der Waals surface area (Å²) in [4.78, 5) is 21.9. The van der Waals surface area contributed by atoms with E-state index in [9.17, 15) is 9.59 Å². The van der Waals surface area contributed by atoms with E-state index in [4.69, 9.17) is 10.5 Å². The van der Waals surface area contributed by atoms with Crippen molar-refractivity contribution in [1.29, 1.82) is 0 Å². The number of carbonyl (C=O) groups is 2. The topological polar surface area (TPSA) is 90.6 Å². The first-order chi connectivity index (χ1) is 8.11. The Hall–Kier alpha value is -1.14. The molecule has 0 spiro atoms. The molecule has 0 aliphatic heterocycles. The molecule has 0 rings (SSSR count). The van der Waals surface area contributed by atoms with E-state index in [1.54, 1.807) is 6.92 Å². The van der Waals surface area contributed by atoms with Crippen LogP contribution in [0.15, 0.2) is 0 Å². The average Bonchev–Trinajstić information content (AvgIpc) is 2.32. The van der Waals surface area contributed by atoms with Crippen molar-refractivity contribution in [3.8, 4) is 0 Å². The van der Waals surface area contributed by atoms with E-state index < -0.39 is 6.04 Å². The highest BCUT2D eigenvalue weighted by molar-refractivity contribution is 5.75. The van der Waals surface area contributed by atoms with Crippen LogP contribution in [0.25, 0.3) is 0 Å². The average molecular weight is 246 g/mol. The highest BCUT2D eigenvalue weighted by Gasteiger charge is 2.12. The number of unbranched alkanes of at least 4 members (excludes halogenated alkanes) is 1. The summed E-state index contributed by atoms with van der Waals surface area (Å²) in [7, 11) is 1.32. The van der Waals surface area contributed by atoms with Crippen molar-refractivity contribution >= 4 is 11.9 Å². The molecule has 0 bridgehead atoms. The minimum Gasteiger partial charge on any atom is -0.468 e. The highest BCUT2D eigenvalue weighted by Crippen LogP contribution is 1.99. The molecule has 0 saturated carbocycles. The lowest BCUT2D eigenvalue weighted by Crippen LogP contribution is -2.31. The van der Waals surface area contributed by atoms with Crippen LogP contribution >= 0.6 is 0 Å². The molecule has 0 aromatic heterocycles. The summed E-state index contributed by atoms with van der Waals surface area (Å²) in [5, 5.41) is 2.96. The lowest BCUT2D eigenvalue weighted by molar-refractivity contribution is -0.142. The van der Waals surface area contributed by atoms with Gasteiger partial charge in [0.25, 0.3) is 0 Å². The van der Waals surface area contributed by atoms with Gasteiger partial charge in [-0.15, -0.1) is 0 Å². The van der Waals surface area contributed by atoms with Crippen molar-refractivity contribution in [2.45, 2.75) is 32.2 Å². The van der Waals surface area contributed by atoms with Crippen molar-refractivity contribution in [3.05, 3.63) is 0 Å². The van der Waals surface area contributed by atoms with Crippen LogP contribution in [-0.4, -0.2) is 44.8 Å². The summed E-state index contributed by atoms with van der Waals surface area (Å²) in [6, 6.07) is -0.551. The molecule has 0 aromatic carbocycles. The summed E-state index contributed by atoms with van der Waals surface area (Å²) >= 11 is 0. The molecular weight excluding hydrogens is 224 g/mol. The third-order valence-corrected chi connectivity index (χ3v) is 2.20. The zero-order valence-corrected chi connectivity index (χ0v) is 10.5. The first-order valence-corrected chi connectivity index (χ1v) is 5.81. The minimum absolute atomic E-state index is 0.219. The molecule has 0 amide bonds. The quantitative estimate of drug-likeness (QED) is 0.433. The molecule has 0 heterocycles. The Morgan fingerprint density at radius 1 is 1.35 bits per heavy atom. The maximum absolute atomic E-state index is 11.0. The summed E-state index contributed by atoms with van der Waals surface area (Å²) < 4.78 is 9.26. The van der Waals surface area contributed by atoms with E-state index in [0.717, 1.165) is 12.8 Å². The lowest BCUT2D eigenvalue weighted by atomic mass is 10.1. The van der Waals surface area contributed by atoms with E-state index in [2.05, 4.69) is 10.1 Å². The second-order valence-corrected chi connectivity index (χ2v) is 3.61. The number of hydrogen-bond donors (Lipinski definition) is 2. The van der Waals surface area contributed by atoms with Gasteiger partial charge in [0.15, 0.2) is 0 Å². The fraction of sp³-hybridized carbons (Fsp3) is 0.818. The third kappa shape index (κ3) is 8.65. The van der Waals surface area contributed by atoms with Gasteiger partial charge in [-0.2, -0.15) is 0 Å². The number of rotatable bonds is 9. The maximum Gasteiger partial charge on any atom is 0.322 e. The van der Waals surface area contributed by atoms with Crippen LogP contribution < -0.4 is 11.1 Å². The molecular formula is C11H22N2O4. The number of carbonyl (C=O) groups excluding carboxylic acids is 2. The molecule has 1 unspecified atom stereocenters. The van der Waals surface area contributed by atoms with Gasteiger partial charge in [0.1, 0.15) is 6.04 Å². The van der Waals surface area contributed by atoms with Crippen LogP contribution in [-0.2, 0) is 19.1 Å². The van der Waals surface area contributed by atoms with Gasteiger partial charge in [-0.25, -0.2) is 0 Å². The predicted octanol–water partition coefficient (Wildman–Crippen LogP) is -0.190. The Balaban J connectivity index is 3.35. The summed E-state index contributed by atoms with van der Waals surface area (Å²) in [6.45, 7) is 3.09. The van der Waals surface area contributed by atoms with E-state index >= 15 is 0 Å². The van der Waals surface area contributed by atoms with Crippen LogP contribution in [0, 0.1) is 0 Å². The van der Waals surface area contributed by atoms with E-state index in [1.807, 2.05) is 0 Å². The van der Waals surface area contributed by atoms with Crippen molar-refractivity contribution in [2.24, 2.45) is 5.73 Å². The Bertz CT molecular complexity index is 234. The fourth-order valence-electron chi connectivity index (χ4n) is 1.29. The lowest BCUT2D eigenvalue weighted by Gasteiger charge is -2.08. The molecule has 0 aromatic rings. The Kier molecular flexibility index (Phi) is 9.37. The zero-order chi connectivity index (χ0) is 13.1. The summed E-state index contributed by atoms with van der Waals surface area (Å²) in [6.07, 6.45) is 2.25. The first kappa shape index (κ1) is 15.9. The molecule has 0 fully saturated rings. The highest BCUT2D eigenvalue weighted by atomic mass is 16.5. The van der Waals surface area contributed by atoms with Gasteiger partial charge < -0.3 is 20.5 Å². The first-order valence-electron chi connectivity index (χ1n) is 5.81. The van der Waals surface area contributed by atoms with Crippen LogP contribution in [0.1, 0.15) is 26.2 Å². The molecule has 0 saturated heterocycles. The normalized spacial score (nSPS) is 11.9. The molecule has 17 heavy (non-hydrogen) atoms. The van der Waals surface area contributed by atoms with Crippen LogP contribution in [0.2, 0.25) is 0 Å². The van der Waals surface area contributed by atoms with Crippen molar-refractivity contribution < 1.29 is 19.1 Å². The van der Waals surface area contributed by atoms with Crippen molar-refractivity contribution in [1.82, 2.24) is 5.32 Å². The molecule has 3 N–H and O–H groups in total. The van der Waals surface area contributed by atoms with Gasteiger partial charge in [-0.05, 0) is 26.3 Å². The molecule has 6 nitrogen and oxygen atoms in total. The number of methoxy groups -OCH3 is 1. The van der Waals surface area contributed by atoms with E-state index in [1.165, 1.54) is 7.11 Å². The van der Waals surface area contributed by atoms with E-state index in [-0.39, 0.29) is 18.5 Å². The van der Waals surface area contributed by atoms with Gasteiger partial charge in [-0.3, -0.25) is 9.59 Å². The summed E-state index contributed by atoms with van der Waals surface area (Å²) in [5.74, 6) is -0.636. The molecule has 0 aliphatic rings. The molecule has 0 aliphatic carbocycles. The van der Waals surface area contributed by atoms with Gasteiger partial charge in [0, 0.05) is 0 Å². The molecule has 0 radical (unpaired) electrons. The third-order valence-electron chi connectivity index (χ3n) is 2.20. The summed E-state index contributed by atoms with van der Waals surface area (Å²) in [5.41, 5.74) is 5.56. The molecule has 1 atom stereocenters. The van der Waals surface area contributed by atoms with Gasteiger partial charge in [0.2, 0.25) is 0 Å². The second kappa shape index (κ2) is 10.0. The number of nitrogens with one attached hydrogen (secondary N) is 1. The maximum atomic E-state index is 11.0. The minimum atomic E-state index is -0.551. The smallest absolute Gasteiger partial charge is 0.322 e. The second-order valence-electron chi connectivity index (χ2n) is 3.61. The fourth-order valence-corrected chi connectivity index (χ4v) is 1.29. The molecule has 100 valence electrons. The van der Waals surface area contributed by atoms with Crippen molar-refractivity contribution in [2.75, 3.05) is 26.8 Å². The number of ether oxygens (including phenoxy) is 2. The van der Waals surface area contributed by atoms with Crippen molar-refractivity contribution in [3.63, 3.8) is 0 Å². The molecule has 6 heteroatoms. The van der Waals surface area contributed by atoms with Gasteiger partial charge in [0.05, 0.1) is 20.3 Å². The predicted molar refractivity (Wildman–Crippen MR) is 63.3 cm³/mol. The number of esters is 2. The van der Waals surface area contributed by atoms with Crippen LogP contribution in [0.4, 0.5) is 0 Å².